The summed E-state index contributed by atoms with van der Waals surface area (Å²) in [5.74, 6) is 0.295. The summed E-state index contributed by atoms with van der Waals surface area (Å²) in [4.78, 5) is 28.8. The topological polar surface area (TPSA) is 111 Å². The third-order valence-electron chi connectivity index (χ3n) is 7.74. The third-order valence-corrected chi connectivity index (χ3v) is 9.84. The second-order valence-electron chi connectivity index (χ2n) is 10.7. The lowest BCUT2D eigenvalue weighted by Gasteiger charge is -2.23. The van der Waals surface area contributed by atoms with Crippen LogP contribution >= 0.6 is 23.1 Å². The Kier molecular flexibility index (Phi) is 8.33. The molecule has 0 spiro atoms. The molecule has 232 valence electrons. The fraction of sp³-hybridized carbons (Fsp3) is 0.200. The molecular weight excluding hydrogens is 623 g/mol. The number of benzene rings is 4. The van der Waals surface area contributed by atoms with Gasteiger partial charge in [-0.25, -0.2) is 0 Å². The van der Waals surface area contributed by atoms with Gasteiger partial charge in [-0.1, -0.05) is 84.6 Å². The second kappa shape index (κ2) is 12.9. The molecule has 0 aliphatic carbocycles. The molecular formula is C35H29N3O6S2. The molecule has 1 saturated heterocycles. The van der Waals surface area contributed by atoms with Crippen molar-refractivity contribution in [1.29, 1.82) is 0 Å². The first kappa shape index (κ1) is 29.8. The van der Waals surface area contributed by atoms with E-state index in [0.717, 1.165) is 22.8 Å². The molecule has 2 aliphatic rings. The van der Waals surface area contributed by atoms with Gasteiger partial charge in [0.25, 0.3) is 5.78 Å². The van der Waals surface area contributed by atoms with Crippen LogP contribution in [0.3, 0.4) is 0 Å². The van der Waals surface area contributed by atoms with Crippen LogP contribution < -0.4 is 19.1 Å². The summed E-state index contributed by atoms with van der Waals surface area (Å²) in [5.41, 5.74) is 2.01. The van der Waals surface area contributed by atoms with Gasteiger partial charge in [0, 0.05) is 11.3 Å². The molecule has 2 aliphatic heterocycles. The molecule has 1 amide bonds. The number of nitrogens with zero attached hydrogens (tertiary/aromatic N) is 3. The molecule has 7 rings (SSSR count). The largest absolute Gasteiger partial charge is 0.507 e. The number of anilines is 1. The van der Waals surface area contributed by atoms with Crippen molar-refractivity contribution in [3.05, 3.63) is 107 Å². The van der Waals surface area contributed by atoms with Crippen LogP contribution in [0.4, 0.5) is 5.13 Å². The Morgan fingerprint density at radius 3 is 2.65 bits per heavy atom. The number of hydrogen-bond donors (Lipinski definition) is 1. The lowest BCUT2D eigenvalue weighted by atomic mass is 9.95. The van der Waals surface area contributed by atoms with E-state index < -0.39 is 17.7 Å². The van der Waals surface area contributed by atoms with E-state index in [1.54, 1.807) is 36.4 Å². The van der Waals surface area contributed by atoms with Crippen molar-refractivity contribution >= 4 is 56.5 Å². The molecule has 0 radical (unpaired) electrons. The van der Waals surface area contributed by atoms with Crippen molar-refractivity contribution in [2.75, 3.05) is 24.7 Å². The maximum Gasteiger partial charge on any atom is 0.301 e. The van der Waals surface area contributed by atoms with Gasteiger partial charge in [0.05, 0.1) is 18.2 Å². The zero-order valence-corrected chi connectivity index (χ0v) is 26.5. The van der Waals surface area contributed by atoms with Crippen LogP contribution in [-0.2, 0) is 15.3 Å². The van der Waals surface area contributed by atoms with Gasteiger partial charge in [0.1, 0.15) is 24.7 Å². The van der Waals surface area contributed by atoms with Gasteiger partial charge >= 0.3 is 5.91 Å². The monoisotopic (exact) mass is 651 g/mol. The number of hydrogen-bond acceptors (Lipinski definition) is 10. The normalized spacial score (nSPS) is 17.1. The number of carbonyl (C=O) groups excluding carboxylic acids is 2. The summed E-state index contributed by atoms with van der Waals surface area (Å²) in [6.45, 7) is 3.31. The first-order valence-electron chi connectivity index (χ1n) is 14.9. The van der Waals surface area contributed by atoms with Crippen LogP contribution in [0.5, 0.6) is 17.2 Å². The number of fused-ring (bicyclic) bond motifs is 2. The van der Waals surface area contributed by atoms with Crippen LogP contribution in [0.1, 0.15) is 36.1 Å². The molecule has 1 N–H and O–H groups in total. The Hall–Kier alpha value is -4.87. The summed E-state index contributed by atoms with van der Waals surface area (Å²) in [6.07, 6.45) is 0.816. The molecule has 3 heterocycles. The van der Waals surface area contributed by atoms with Gasteiger partial charge in [-0.2, -0.15) is 0 Å². The SMILES string of the molecule is CCCOc1cccc(C2/C(=C(\O)c3ccc4c(c3)OCCO4)C(=O)C(=O)N2c2nnc(SCc3cccc4ccccc34)s2)c1. The minimum absolute atomic E-state index is 0.0607. The van der Waals surface area contributed by atoms with Gasteiger partial charge < -0.3 is 19.3 Å². The van der Waals surface area contributed by atoms with Crippen LogP contribution in [0.15, 0.2) is 94.8 Å². The quantitative estimate of drug-likeness (QED) is 0.0583. The van der Waals surface area contributed by atoms with Gasteiger partial charge in [-0.05, 0) is 58.7 Å². The molecule has 1 unspecified atom stereocenters. The number of Topliss-reactive ketones (excluding diaryl/α,β-unsaturated/α-hetero) is 1. The molecule has 1 fully saturated rings. The van der Waals surface area contributed by atoms with E-state index in [1.165, 1.54) is 28.0 Å². The van der Waals surface area contributed by atoms with Crippen LogP contribution in [0.2, 0.25) is 0 Å². The Balaban J connectivity index is 1.26. The molecule has 1 atom stereocenters. The molecule has 5 aromatic rings. The highest BCUT2D eigenvalue weighted by Gasteiger charge is 2.48. The maximum atomic E-state index is 13.7. The number of thioether (sulfide) groups is 1. The fourth-order valence-corrected chi connectivity index (χ4v) is 7.47. The van der Waals surface area contributed by atoms with Crippen LogP contribution in [0.25, 0.3) is 16.5 Å². The predicted molar refractivity (Wildman–Crippen MR) is 178 cm³/mol. The Morgan fingerprint density at radius 1 is 0.978 bits per heavy atom. The standard InChI is InChI=1S/C35H29N3O6S2/c1-2-15-42-25-11-6-9-22(18-25)30-29(31(39)23-13-14-27-28(19-23)44-17-16-43-27)32(40)33(41)38(30)34-36-37-35(46-34)45-20-24-10-5-8-21-7-3-4-12-26(21)24/h3-14,18-19,30,39H,2,15-17,20H2,1H3/b31-29+. The predicted octanol–water partition coefficient (Wildman–Crippen LogP) is 7.17. The van der Waals surface area contributed by atoms with Gasteiger partial charge in [0.15, 0.2) is 15.8 Å². The average molecular weight is 652 g/mol. The van der Waals surface area contributed by atoms with E-state index in [2.05, 4.69) is 34.5 Å². The van der Waals surface area contributed by atoms with Crippen molar-refractivity contribution < 1.29 is 28.9 Å². The van der Waals surface area contributed by atoms with Crippen molar-refractivity contribution in [3.63, 3.8) is 0 Å². The van der Waals surface area contributed by atoms with E-state index in [4.69, 9.17) is 14.2 Å². The van der Waals surface area contributed by atoms with E-state index in [1.807, 2.05) is 31.2 Å². The zero-order chi connectivity index (χ0) is 31.6. The highest BCUT2D eigenvalue weighted by molar-refractivity contribution is 8.00. The number of carbonyl (C=O) groups is 2. The molecule has 0 saturated carbocycles. The van der Waals surface area contributed by atoms with Crippen molar-refractivity contribution in [3.8, 4) is 17.2 Å². The molecule has 46 heavy (non-hydrogen) atoms. The fourth-order valence-electron chi connectivity index (χ4n) is 5.60. The minimum Gasteiger partial charge on any atom is -0.507 e. The number of aliphatic hydroxyl groups excluding tert-OH is 1. The maximum absolute atomic E-state index is 13.7. The third kappa shape index (κ3) is 5.67. The van der Waals surface area contributed by atoms with Crippen molar-refractivity contribution in [2.45, 2.75) is 29.5 Å². The summed E-state index contributed by atoms with van der Waals surface area (Å²) in [7, 11) is 0. The lowest BCUT2D eigenvalue weighted by molar-refractivity contribution is -0.132. The lowest BCUT2D eigenvalue weighted by Crippen LogP contribution is -2.29. The minimum atomic E-state index is -0.970. The van der Waals surface area contributed by atoms with E-state index in [0.29, 0.717) is 58.3 Å². The first-order chi connectivity index (χ1) is 22.5. The van der Waals surface area contributed by atoms with Crippen LogP contribution in [0, 0.1) is 0 Å². The van der Waals surface area contributed by atoms with Crippen molar-refractivity contribution in [2.24, 2.45) is 0 Å². The number of aliphatic hydroxyl groups is 1. The summed E-state index contributed by atoms with van der Waals surface area (Å²) < 4.78 is 17.9. The number of amides is 1. The molecule has 11 heteroatoms. The van der Waals surface area contributed by atoms with E-state index in [-0.39, 0.29) is 16.5 Å². The van der Waals surface area contributed by atoms with E-state index >= 15 is 0 Å². The molecule has 4 aromatic carbocycles. The summed E-state index contributed by atoms with van der Waals surface area (Å²) in [5, 5.41) is 22.9. The molecule has 9 nitrogen and oxygen atoms in total. The molecule has 1 aromatic heterocycles. The van der Waals surface area contributed by atoms with Gasteiger partial charge in [-0.3, -0.25) is 14.5 Å². The summed E-state index contributed by atoms with van der Waals surface area (Å²) >= 11 is 2.74. The first-order valence-corrected chi connectivity index (χ1v) is 16.7. The number of aromatic nitrogens is 2. The highest BCUT2D eigenvalue weighted by atomic mass is 32.2. The van der Waals surface area contributed by atoms with E-state index in [9.17, 15) is 14.7 Å². The van der Waals surface area contributed by atoms with Crippen LogP contribution in [-0.4, -0.2) is 46.8 Å². The Morgan fingerprint density at radius 2 is 1.78 bits per heavy atom. The second-order valence-corrected chi connectivity index (χ2v) is 12.9. The average Bonchev–Trinajstić information content (AvgIpc) is 3.67. The Bertz CT molecular complexity index is 1990. The smallest absolute Gasteiger partial charge is 0.301 e. The highest BCUT2D eigenvalue weighted by Crippen LogP contribution is 2.45. The van der Waals surface area contributed by atoms with Gasteiger partial charge in [0.2, 0.25) is 5.13 Å². The number of ketones is 1. The zero-order valence-electron chi connectivity index (χ0n) is 24.8. The number of ether oxygens (including phenoxy) is 3. The summed E-state index contributed by atoms with van der Waals surface area (Å²) in [6, 6.07) is 25.6. The van der Waals surface area contributed by atoms with Crippen molar-refractivity contribution in [1.82, 2.24) is 10.2 Å². The Labute approximate surface area is 273 Å². The number of rotatable bonds is 9. The molecule has 0 bridgehead atoms. The van der Waals surface area contributed by atoms with Gasteiger partial charge in [-0.15, -0.1) is 10.2 Å².